The maximum absolute atomic E-state index is 12.3. The molecule has 0 radical (unpaired) electrons. The average molecular weight is 312 g/mol. The highest BCUT2D eigenvalue weighted by Gasteiger charge is 2.32. The number of benzene rings is 1. The third-order valence-electron chi connectivity index (χ3n) is 4.04. The number of rotatable bonds is 4. The fourth-order valence-corrected chi connectivity index (χ4v) is 2.91. The highest BCUT2D eigenvalue weighted by atomic mass is 16.2. The molecule has 2 amide bonds. The molecule has 1 aromatic heterocycles. The molecule has 1 aliphatic heterocycles. The summed E-state index contributed by atoms with van der Waals surface area (Å²) in [5.74, 6) is 0.293. The quantitative estimate of drug-likeness (QED) is 0.937. The Hall–Kier alpha value is -2.63. The van der Waals surface area contributed by atoms with Gasteiger partial charge in [-0.1, -0.05) is 30.3 Å². The zero-order chi connectivity index (χ0) is 16.2. The van der Waals surface area contributed by atoms with Crippen LogP contribution in [0.15, 0.2) is 42.6 Å². The van der Waals surface area contributed by atoms with E-state index in [1.54, 1.807) is 15.6 Å². The van der Waals surface area contributed by atoms with E-state index in [0.717, 1.165) is 12.0 Å². The Kier molecular flexibility index (Phi) is 4.41. The fourth-order valence-electron chi connectivity index (χ4n) is 2.91. The first kappa shape index (κ1) is 15.3. The third-order valence-corrected chi connectivity index (χ3v) is 4.04. The molecule has 0 bridgehead atoms. The molecule has 0 spiro atoms. The van der Waals surface area contributed by atoms with Gasteiger partial charge in [0.25, 0.3) is 0 Å². The summed E-state index contributed by atoms with van der Waals surface area (Å²) in [7, 11) is 0. The molecule has 6 heteroatoms. The first-order valence-corrected chi connectivity index (χ1v) is 7.79. The third kappa shape index (κ3) is 3.59. The molecule has 120 valence electrons. The Bertz CT molecular complexity index is 696. The maximum atomic E-state index is 12.3. The number of carbonyl (C=O) groups is 2. The number of anilines is 1. The summed E-state index contributed by atoms with van der Waals surface area (Å²) in [6.07, 6.45) is 3.40. The number of nitrogens with zero attached hydrogens (tertiary/aromatic N) is 3. The minimum absolute atomic E-state index is 0.0581. The van der Waals surface area contributed by atoms with Crippen molar-refractivity contribution in [1.82, 2.24) is 14.7 Å². The standard InChI is InChI=1S/C17H20N4O2/c1-13(22)21-10-5-8-15(21)17(23)18-16-9-11-20(19-16)12-14-6-3-2-4-7-14/h2-4,6-7,9,11,15H,5,8,10,12H2,1H3,(H,18,19,23). The summed E-state index contributed by atoms with van der Waals surface area (Å²) in [6, 6.07) is 11.4. The number of nitrogens with one attached hydrogen (secondary N) is 1. The Morgan fingerprint density at radius 2 is 2.04 bits per heavy atom. The monoisotopic (exact) mass is 312 g/mol. The van der Waals surface area contributed by atoms with Crippen LogP contribution in [0, 0.1) is 0 Å². The molecule has 3 rings (SSSR count). The predicted octanol–water partition coefficient (Wildman–Crippen LogP) is 1.88. The summed E-state index contributed by atoms with van der Waals surface area (Å²) in [5.41, 5.74) is 1.15. The van der Waals surface area contributed by atoms with Gasteiger partial charge in [-0.05, 0) is 18.4 Å². The molecular weight excluding hydrogens is 292 g/mol. The van der Waals surface area contributed by atoms with Gasteiger partial charge in [0.05, 0.1) is 6.54 Å². The number of hydrogen-bond acceptors (Lipinski definition) is 3. The van der Waals surface area contributed by atoms with Crippen LogP contribution in [-0.2, 0) is 16.1 Å². The zero-order valence-electron chi connectivity index (χ0n) is 13.1. The van der Waals surface area contributed by atoms with Gasteiger partial charge >= 0.3 is 0 Å². The first-order chi connectivity index (χ1) is 11.1. The smallest absolute Gasteiger partial charge is 0.248 e. The van der Waals surface area contributed by atoms with Crippen LogP contribution in [-0.4, -0.2) is 39.1 Å². The number of carbonyl (C=O) groups excluding carboxylic acids is 2. The predicted molar refractivity (Wildman–Crippen MR) is 86.8 cm³/mol. The van der Waals surface area contributed by atoms with E-state index in [1.165, 1.54) is 6.92 Å². The van der Waals surface area contributed by atoms with Crippen LogP contribution in [0.25, 0.3) is 0 Å². The van der Waals surface area contributed by atoms with Crippen molar-refractivity contribution in [2.24, 2.45) is 0 Å². The van der Waals surface area contributed by atoms with Gasteiger partial charge in [0.1, 0.15) is 6.04 Å². The lowest BCUT2D eigenvalue weighted by molar-refractivity contribution is -0.134. The van der Waals surface area contributed by atoms with Crippen molar-refractivity contribution in [2.75, 3.05) is 11.9 Å². The lowest BCUT2D eigenvalue weighted by Gasteiger charge is -2.21. The van der Waals surface area contributed by atoms with E-state index in [-0.39, 0.29) is 17.9 Å². The van der Waals surface area contributed by atoms with Crippen LogP contribution < -0.4 is 5.32 Å². The SMILES string of the molecule is CC(=O)N1CCCC1C(=O)Nc1ccn(Cc2ccccc2)n1. The second kappa shape index (κ2) is 6.64. The molecule has 1 aromatic carbocycles. The van der Waals surface area contributed by atoms with E-state index in [0.29, 0.717) is 25.3 Å². The van der Waals surface area contributed by atoms with Crippen LogP contribution in [0.3, 0.4) is 0 Å². The van der Waals surface area contributed by atoms with Crippen molar-refractivity contribution in [3.8, 4) is 0 Å². The topological polar surface area (TPSA) is 67.2 Å². The number of aromatic nitrogens is 2. The van der Waals surface area contributed by atoms with E-state index in [1.807, 2.05) is 36.5 Å². The number of likely N-dealkylation sites (tertiary alicyclic amines) is 1. The second-order valence-electron chi connectivity index (χ2n) is 5.74. The van der Waals surface area contributed by atoms with Crippen molar-refractivity contribution in [3.63, 3.8) is 0 Å². The van der Waals surface area contributed by atoms with Gasteiger partial charge in [0.2, 0.25) is 11.8 Å². The molecule has 6 nitrogen and oxygen atoms in total. The van der Waals surface area contributed by atoms with E-state index < -0.39 is 0 Å². The normalized spacial score (nSPS) is 17.3. The molecule has 1 atom stereocenters. The van der Waals surface area contributed by atoms with Crippen molar-refractivity contribution < 1.29 is 9.59 Å². The summed E-state index contributed by atoms with van der Waals surface area (Å²) >= 11 is 0. The molecule has 0 saturated carbocycles. The largest absolute Gasteiger partial charge is 0.331 e. The van der Waals surface area contributed by atoms with Gasteiger partial charge in [-0.3, -0.25) is 14.3 Å². The van der Waals surface area contributed by atoms with Crippen LogP contribution in [0.5, 0.6) is 0 Å². The summed E-state index contributed by atoms with van der Waals surface area (Å²) in [6.45, 7) is 2.80. The van der Waals surface area contributed by atoms with Gasteiger partial charge < -0.3 is 10.2 Å². The van der Waals surface area contributed by atoms with E-state index in [2.05, 4.69) is 10.4 Å². The zero-order valence-corrected chi connectivity index (χ0v) is 13.1. The lowest BCUT2D eigenvalue weighted by atomic mass is 10.2. The highest BCUT2D eigenvalue weighted by molar-refractivity contribution is 5.96. The van der Waals surface area contributed by atoms with Gasteiger partial charge in [-0.15, -0.1) is 0 Å². The van der Waals surface area contributed by atoms with E-state index in [9.17, 15) is 9.59 Å². The van der Waals surface area contributed by atoms with Crippen LogP contribution >= 0.6 is 0 Å². The van der Waals surface area contributed by atoms with Crippen molar-refractivity contribution >= 4 is 17.6 Å². The summed E-state index contributed by atoms with van der Waals surface area (Å²) in [4.78, 5) is 25.5. The molecule has 2 aromatic rings. The van der Waals surface area contributed by atoms with Gasteiger partial charge in [-0.25, -0.2) is 0 Å². The minimum atomic E-state index is -0.383. The Labute approximate surface area is 135 Å². The second-order valence-corrected chi connectivity index (χ2v) is 5.74. The van der Waals surface area contributed by atoms with Crippen molar-refractivity contribution in [3.05, 3.63) is 48.2 Å². The Morgan fingerprint density at radius 3 is 2.78 bits per heavy atom. The molecule has 1 saturated heterocycles. The number of amides is 2. The van der Waals surface area contributed by atoms with Gasteiger partial charge in [-0.2, -0.15) is 5.10 Å². The van der Waals surface area contributed by atoms with Crippen LogP contribution in [0.1, 0.15) is 25.3 Å². The molecule has 1 N–H and O–H groups in total. The van der Waals surface area contributed by atoms with Gasteiger partial charge in [0, 0.05) is 25.7 Å². The average Bonchev–Trinajstić information content (AvgIpc) is 3.17. The maximum Gasteiger partial charge on any atom is 0.248 e. The minimum Gasteiger partial charge on any atom is -0.331 e. The van der Waals surface area contributed by atoms with E-state index >= 15 is 0 Å². The van der Waals surface area contributed by atoms with Crippen molar-refractivity contribution in [2.45, 2.75) is 32.4 Å². The Morgan fingerprint density at radius 1 is 1.26 bits per heavy atom. The Balaban J connectivity index is 1.62. The lowest BCUT2D eigenvalue weighted by Crippen LogP contribution is -2.42. The molecule has 23 heavy (non-hydrogen) atoms. The van der Waals surface area contributed by atoms with Gasteiger partial charge in [0.15, 0.2) is 5.82 Å². The van der Waals surface area contributed by atoms with Crippen LogP contribution in [0.4, 0.5) is 5.82 Å². The molecule has 1 aliphatic rings. The summed E-state index contributed by atoms with van der Waals surface area (Å²) < 4.78 is 1.78. The molecule has 0 aliphatic carbocycles. The highest BCUT2D eigenvalue weighted by Crippen LogP contribution is 2.19. The fraction of sp³-hybridized carbons (Fsp3) is 0.353. The van der Waals surface area contributed by atoms with Crippen molar-refractivity contribution in [1.29, 1.82) is 0 Å². The molecule has 2 heterocycles. The van der Waals surface area contributed by atoms with E-state index in [4.69, 9.17) is 0 Å². The molecule has 1 unspecified atom stereocenters. The first-order valence-electron chi connectivity index (χ1n) is 7.79. The molecule has 1 fully saturated rings. The number of hydrogen-bond donors (Lipinski definition) is 1. The summed E-state index contributed by atoms with van der Waals surface area (Å²) in [5, 5.41) is 7.18. The van der Waals surface area contributed by atoms with Crippen LogP contribution in [0.2, 0.25) is 0 Å². The molecular formula is C17H20N4O2.